The molecule has 0 spiro atoms. The summed E-state index contributed by atoms with van der Waals surface area (Å²) in [5.74, 6) is 0.961. The molecule has 4 heteroatoms. The van der Waals surface area contributed by atoms with Gasteiger partial charge in [0.1, 0.15) is 5.75 Å². The van der Waals surface area contributed by atoms with Gasteiger partial charge in [0.2, 0.25) is 0 Å². The summed E-state index contributed by atoms with van der Waals surface area (Å²) in [6.45, 7) is 1.41. The van der Waals surface area contributed by atoms with Gasteiger partial charge in [-0.2, -0.15) is 5.26 Å². The normalized spacial score (nSPS) is 12.4. The van der Waals surface area contributed by atoms with Crippen molar-refractivity contribution in [1.29, 1.82) is 5.26 Å². The van der Waals surface area contributed by atoms with E-state index >= 15 is 0 Å². The van der Waals surface area contributed by atoms with Crippen molar-refractivity contribution < 1.29 is 4.74 Å². The summed E-state index contributed by atoms with van der Waals surface area (Å²) in [6, 6.07) is 13.7. The summed E-state index contributed by atoms with van der Waals surface area (Å²) < 4.78 is 5.73. The fraction of sp³-hybridized carbons (Fsp3) is 0.235. The number of benzene rings is 2. The first-order valence-corrected chi connectivity index (χ1v) is 7.20. The number of halogens is 1. The maximum Gasteiger partial charge on any atom is 0.127 e. The first kappa shape index (κ1) is 13.8. The maximum atomic E-state index is 8.99. The van der Waals surface area contributed by atoms with E-state index in [9.17, 15) is 0 Å². The zero-order valence-corrected chi connectivity index (χ0v) is 12.5. The average Bonchev–Trinajstić information content (AvgIpc) is 2.95. The number of hydrogen-bond donors (Lipinski definition) is 0. The van der Waals surface area contributed by atoms with Gasteiger partial charge in [-0.3, -0.25) is 0 Å². The Morgan fingerprint density at radius 1 is 1.33 bits per heavy atom. The molecule has 0 N–H and O–H groups in total. The number of ether oxygens (including phenoxy) is 1. The second-order valence-corrected chi connectivity index (χ2v) is 5.61. The van der Waals surface area contributed by atoms with Crippen molar-refractivity contribution in [3.63, 3.8) is 0 Å². The van der Waals surface area contributed by atoms with Gasteiger partial charge in [0, 0.05) is 36.3 Å². The highest BCUT2D eigenvalue weighted by Gasteiger charge is 2.18. The first-order valence-electron chi connectivity index (χ1n) is 6.83. The predicted molar refractivity (Wildman–Crippen MR) is 83.9 cm³/mol. The largest absolute Gasteiger partial charge is 0.493 e. The van der Waals surface area contributed by atoms with Crippen LogP contribution in [0.1, 0.15) is 16.7 Å². The van der Waals surface area contributed by atoms with E-state index in [-0.39, 0.29) is 0 Å². The van der Waals surface area contributed by atoms with Gasteiger partial charge in [0.15, 0.2) is 0 Å². The maximum absolute atomic E-state index is 8.99. The van der Waals surface area contributed by atoms with Gasteiger partial charge in [0.25, 0.3) is 0 Å². The predicted octanol–water partition coefficient (Wildman–Crippen LogP) is 3.78. The van der Waals surface area contributed by atoms with Crippen molar-refractivity contribution in [1.82, 2.24) is 0 Å². The van der Waals surface area contributed by atoms with Gasteiger partial charge in [-0.15, -0.1) is 0 Å². The van der Waals surface area contributed by atoms with Crippen LogP contribution in [0.3, 0.4) is 0 Å². The third-order valence-corrected chi connectivity index (χ3v) is 3.87. The lowest BCUT2D eigenvalue weighted by Gasteiger charge is -2.21. The van der Waals surface area contributed by atoms with Gasteiger partial charge in [-0.1, -0.05) is 17.7 Å². The molecule has 0 fully saturated rings. The lowest BCUT2D eigenvalue weighted by Crippen LogP contribution is -2.17. The molecule has 0 saturated carbocycles. The van der Waals surface area contributed by atoms with Crippen LogP contribution >= 0.6 is 11.6 Å². The summed E-state index contributed by atoms with van der Waals surface area (Å²) in [4.78, 5) is 2.09. The Balaban J connectivity index is 1.88. The molecular formula is C17H15ClN2O. The fourth-order valence-corrected chi connectivity index (χ4v) is 2.89. The van der Waals surface area contributed by atoms with Gasteiger partial charge >= 0.3 is 0 Å². The minimum Gasteiger partial charge on any atom is -0.493 e. The minimum atomic E-state index is 0.659. The van der Waals surface area contributed by atoms with Crippen LogP contribution in [0.4, 0.5) is 5.69 Å². The molecule has 1 aliphatic heterocycles. The lowest BCUT2D eigenvalue weighted by atomic mass is 10.1. The van der Waals surface area contributed by atoms with Crippen molar-refractivity contribution >= 4 is 17.3 Å². The summed E-state index contributed by atoms with van der Waals surface area (Å²) >= 11 is 6.19. The van der Waals surface area contributed by atoms with Crippen molar-refractivity contribution in [2.75, 3.05) is 18.6 Å². The van der Waals surface area contributed by atoms with E-state index in [1.54, 1.807) is 6.07 Å². The molecule has 0 unspecified atom stereocenters. The third kappa shape index (κ3) is 2.81. The highest BCUT2D eigenvalue weighted by Crippen LogP contribution is 2.34. The Morgan fingerprint density at radius 3 is 3.00 bits per heavy atom. The van der Waals surface area contributed by atoms with Crippen LogP contribution in [0, 0.1) is 11.3 Å². The lowest BCUT2D eigenvalue weighted by molar-refractivity contribution is 0.353. The Hall–Kier alpha value is -2.18. The van der Waals surface area contributed by atoms with Gasteiger partial charge in [-0.25, -0.2) is 0 Å². The number of fused-ring (bicyclic) bond motifs is 1. The molecule has 1 aliphatic rings. The van der Waals surface area contributed by atoms with Crippen LogP contribution in [-0.4, -0.2) is 13.7 Å². The molecule has 21 heavy (non-hydrogen) atoms. The average molecular weight is 299 g/mol. The Kier molecular flexibility index (Phi) is 3.72. The van der Waals surface area contributed by atoms with Gasteiger partial charge in [-0.05, 0) is 35.9 Å². The van der Waals surface area contributed by atoms with Crippen molar-refractivity contribution in [2.45, 2.75) is 13.0 Å². The van der Waals surface area contributed by atoms with Crippen LogP contribution in [0.5, 0.6) is 5.75 Å². The molecule has 2 aromatic rings. The molecule has 0 aromatic heterocycles. The molecule has 1 heterocycles. The Labute approximate surface area is 129 Å². The highest BCUT2D eigenvalue weighted by atomic mass is 35.5. The zero-order valence-electron chi connectivity index (χ0n) is 11.8. The Morgan fingerprint density at radius 2 is 2.19 bits per heavy atom. The summed E-state index contributed by atoms with van der Waals surface area (Å²) in [5, 5.41) is 9.73. The highest BCUT2D eigenvalue weighted by molar-refractivity contribution is 6.30. The molecule has 106 valence electrons. The molecule has 0 bridgehead atoms. The standard InChI is InChI=1S/C17H15ClN2O/c1-20(16-4-2-3-12(7-16)10-19)11-14-9-15(18)8-13-5-6-21-17(13)14/h2-4,7-9H,5-6,11H2,1H3. The smallest absolute Gasteiger partial charge is 0.127 e. The van der Waals surface area contributed by atoms with E-state index in [0.29, 0.717) is 12.1 Å². The van der Waals surface area contributed by atoms with E-state index < -0.39 is 0 Å². The molecule has 0 saturated heterocycles. The topological polar surface area (TPSA) is 36.3 Å². The number of hydrogen-bond acceptors (Lipinski definition) is 3. The Bertz CT molecular complexity index is 721. The molecule has 0 aliphatic carbocycles. The number of nitriles is 1. The molecule has 0 amide bonds. The second-order valence-electron chi connectivity index (χ2n) is 5.17. The van der Waals surface area contributed by atoms with Gasteiger partial charge < -0.3 is 9.64 Å². The monoisotopic (exact) mass is 298 g/mol. The minimum absolute atomic E-state index is 0.659. The number of anilines is 1. The summed E-state index contributed by atoms with van der Waals surface area (Å²) in [5.41, 5.74) is 3.92. The van der Waals surface area contributed by atoms with Gasteiger partial charge in [0.05, 0.1) is 18.2 Å². The zero-order chi connectivity index (χ0) is 14.8. The molecule has 2 aromatic carbocycles. The second kappa shape index (κ2) is 5.67. The van der Waals surface area contributed by atoms with Crippen LogP contribution < -0.4 is 9.64 Å². The van der Waals surface area contributed by atoms with Crippen molar-refractivity contribution in [2.24, 2.45) is 0 Å². The first-order chi connectivity index (χ1) is 10.2. The summed E-state index contributed by atoms with van der Waals surface area (Å²) in [7, 11) is 2.00. The van der Waals surface area contributed by atoms with Crippen LogP contribution in [0.2, 0.25) is 5.02 Å². The fourth-order valence-electron chi connectivity index (χ4n) is 2.62. The quantitative estimate of drug-likeness (QED) is 0.865. The van der Waals surface area contributed by atoms with Crippen LogP contribution in [0.15, 0.2) is 36.4 Å². The molecular weight excluding hydrogens is 284 g/mol. The van der Waals surface area contributed by atoms with E-state index in [0.717, 1.165) is 35.1 Å². The SMILES string of the molecule is CN(Cc1cc(Cl)cc2c1OCC2)c1cccc(C#N)c1. The molecule has 0 atom stereocenters. The van der Waals surface area contributed by atoms with Crippen molar-refractivity contribution in [3.05, 3.63) is 58.1 Å². The number of nitrogens with zero attached hydrogens (tertiary/aromatic N) is 2. The van der Waals surface area contributed by atoms with E-state index in [2.05, 4.69) is 11.0 Å². The summed E-state index contributed by atoms with van der Waals surface area (Å²) in [6.07, 6.45) is 0.913. The van der Waals surface area contributed by atoms with Crippen LogP contribution in [0.25, 0.3) is 0 Å². The number of rotatable bonds is 3. The molecule has 0 radical (unpaired) electrons. The van der Waals surface area contributed by atoms with E-state index in [1.165, 1.54) is 5.56 Å². The van der Waals surface area contributed by atoms with Crippen LogP contribution in [-0.2, 0) is 13.0 Å². The van der Waals surface area contributed by atoms with Crippen molar-refractivity contribution in [3.8, 4) is 11.8 Å². The molecule has 3 nitrogen and oxygen atoms in total. The molecule has 3 rings (SSSR count). The van der Waals surface area contributed by atoms with E-state index in [4.69, 9.17) is 21.6 Å². The third-order valence-electron chi connectivity index (χ3n) is 3.65. The van der Waals surface area contributed by atoms with E-state index in [1.807, 2.05) is 37.4 Å².